The van der Waals surface area contributed by atoms with E-state index in [2.05, 4.69) is 16.7 Å². The molecule has 1 saturated carbocycles. The fourth-order valence-electron chi connectivity index (χ4n) is 3.09. The number of nitrogens with one attached hydrogen (secondary N) is 2. The lowest BCUT2D eigenvalue weighted by molar-refractivity contribution is -0.152. The van der Waals surface area contributed by atoms with Crippen LogP contribution in [0.2, 0.25) is 0 Å². The Morgan fingerprint density at radius 2 is 1.82 bits per heavy atom. The number of esters is 1. The molecular formula is C21H25N3O4. The second-order valence-electron chi connectivity index (χ2n) is 6.94. The first kappa shape index (κ1) is 21.2. The molecule has 148 valence electrons. The molecule has 0 spiro atoms. The minimum atomic E-state index is -1.10. The van der Waals surface area contributed by atoms with E-state index < -0.39 is 29.4 Å². The maximum absolute atomic E-state index is 12.5. The van der Waals surface area contributed by atoms with Crippen molar-refractivity contribution in [2.75, 3.05) is 0 Å². The first-order chi connectivity index (χ1) is 13.3. The highest BCUT2D eigenvalue weighted by atomic mass is 16.5. The summed E-state index contributed by atoms with van der Waals surface area (Å²) in [6.07, 6.45) is 4.32. The van der Waals surface area contributed by atoms with E-state index in [1.54, 1.807) is 24.3 Å². The predicted molar refractivity (Wildman–Crippen MR) is 103 cm³/mol. The second kappa shape index (κ2) is 9.70. The van der Waals surface area contributed by atoms with Gasteiger partial charge in [0, 0.05) is 6.92 Å². The Bertz CT molecular complexity index is 790. The van der Waals surface area contributed by atoms with E-state index in [1.807, 2.05) is 6.07 Å². The fourth-order valence-corrected chi connectivity index (χ4v) is 3.09. The van der Waals surface area contributed by atoms with Crippen molar-refractivity contribution in [2.45, 2.75) is 57.6 Å². The van der Waals surface area contributed by atoms with Crippen LogP contribution < -0.4 is 10.6 Å². The van der Waals surface area contributed by atoms with E-state index in [-0.39, 0.29) is 5.70 Å². The zero-order chi connectivity index (χ0) is 20.6. The zero-order valence-corrected chi connectivity index (χ0v) is 16.2. The molecule has 1 aliphatic rings. The SMILES string of the molecule is CC(=O)N/C(=C\c1ccccc1)C(=O)OC(C)C(=O)NC1(C#N)CCCCC1. The number of nitriles is 1. The Hall–Kier alpha value is -3.14. The van der Waals surface area contributed by atoms with Gasteiger partial charge in [0.1, 0.15) is 11.2 Å². The number of hydrogen-bond acceptors (Lipinski definition) is 5. The number of carbonyl (C=O) groups is 3. The van der Waals surface area contributed by atoms with Gasteiger partial charge in [-0.2, -0.15) is 5.26 Å². The lowest BCUT2D eigenvalue weighted by atomic mass is 9.83. The van der Waals surface area contributed by atoms with Gasteiger partial charge in [-0.05, 0) is 31.4 Å². The average molecular weight is 383 g/mol. The van der Waals surface area contributed by atoms with E-state index in [9.17, 15) is 19.6 Å². The van der Waals surface area contributed by atoms with Gasteiger partial charge in [-0.15, -0.1) is 0 Å². The predicted octanol–water partition coefficient (Wildman–Crippen LogP) is 2.44. The highest BCUT2D eigenvalue weighted by Crippen LogP contribution is 2.27. The van der Waals surface area contributed by atoms with Crippen molar-refractivity contribution in [2.24, 2.45) is 0 Å². The van der Waals surface area contributed by atoms with Crippen molar-refractivity contribution in [3.05, 3.63) is 41.6 Å². The first-order valence-electron chi connectivity index (χ1n) is 9.34. The zero-order valence-electron chi connectivity index (χ0n) is 16.2. The summed E-state index contributed by atoms with van der Waals surface area (Å²) in [6, 6.07) is 11.2. The van der Waals surface area contributed by atoms with Gasteiger partial charge in [0.2, 0.25) is 5.91 Å². The van der Waals surface area contributed by atoms with Crippen LogP contribution in [0.3, 0.4) is 0 Å². The van der Waals surface area contributed by atoms with Crippen LogP contribution in [-0.4, -0.2) is 29.4 Å². The van der Waals surface area contributed by atoms with Gasteiger partial charge in [-0.3, -0.25) is 9.59 Å². The van der Waals surface area contributed by atoms with Crippen LogP contribution >= 0.6 is 0 Å². The van der Waals surface area contributed by atoms with Gasteiger partial charge < -0.3 is 15.4 Å². The van der Waals surface area contributed by atoms with E-state index in [1.165, 1.54) is 19.9 Å². The van der Waals surface area contributed by atoms with E-state index in [0.717, 1.165) is 19.3 Å². The Labute approximate surface area is 164 Å². The Kier molecular flexibility index (Phi) is 7.33. The molecule has 0 aliphatic heterocycles. The van der Waals surface area contributed by atoms with Gasteiger partial charge in [0.15, 0.2) is 6.10 Å². The molecule has 2 rings (SSSR count). The number of rotatable bonds is 6. The number of benzene rings is 1. The molecule has 0 saturated heterocycles. The summed E-state index contributed by atoms with van der Waals surface area (Å²) in [7, 11) is 0. The standard InChI is InChI=1S/C21H25N3O4/c1-15(19(26)24-21(14-22)11-7-4-8-12-21)28-20(27)18(23-16(2)25)13-17-9-5-3-6-10-17/h3,5-6,9-10,13,15H,4,7-8,11-12H2,1-2H3,(H,23,25)(H,24,26)/b18-13-. The summed E-state index contributed by atoms with van der Waals surface area (Å²) in [5.41, 5.74) is -0.270. The van der Waals surface area contributed by atoms with E-state index >= 15 is 0 Å². The first-order valence-corrected chi connectivity index (χ1v) is 9.34. The quantitative estimate of drug-likeness (QED) is 0.579. The lowest BCUT2D eigenvalue weighted by Gasteiger charge is -2.32. The third-order valence-electron chi connectivity index (χ3n) is 4.58. The molecule has 1 aliphatic carbocycles. The number of carbonyl (C=O) groups excluding carboxylic acids is 3. The Morgan fingerprint density at radius 3 is 2.39 bits per heavy atom. The molecule has 0 aromatic heterocycles. The van der Waals surface area contributed by atoms with Crippen molar-refractivity contribution < 1.29 is 19.1 Å². The molecular weight excluding hydrogens is 358 g/mol. The molecule has 0 heterocycles. The molecule has 28 heavy (non-hydrogen) atoms. The molecule has 1 unspecified atom stereocenters. The van der Waals surface area contributed by atoms with Crippen LogP contribution in [-0.2, 0) is 19.1 Å². The number of amides is 2. The van der Waals surface area contributed by atoms with Gasteiger partial charge in [-0.25, -0.2) is 4.79 Å². The molecule has 7 nitrogen and oxygen atoms in total. The summed E-state index contributed by atoms with van der Waals surface area (Å²) < 4.78 is 5.24. The smallest absolute Gasteiger partial charge is 0.355 e. The van der Waals surface area contributed by atoms with E-state index in [0.29, 0.717) is 18.4 Å². The van der Waals surface area contributed by atoms with Gasteiger partial charge >= 0.3 is 5.97 Å². The van der Waals surface area contributed by atoms with Gasteiger partial charge in [-0.1, -0.05) is 49.6 Å². The minimum Gasteiger partial charge on any atom is -0.448 e. The van der Waals surface area contributed by atoms with Crippen LogP contribution in [0, 0.1) is 11.3 Å². The van der Waals surface area contributed by atoms with Crippen molar-refractivity contribution in [1.82, 2.24) is 10.6 Å². The molecule has 1 fully saturated rings. The second-order valence-corrected chi connectivity index (χ2v) is 6.94. The molecule has 0 radical (unpaired) electrons. The third kappa shape index (κ3) is 5.95. The van der Waals surface area contributed by atoms with Crippen molar-refractivity contribution in [3.63, 3.8) is 0 Å². The van der Waals surface area contributed by atoms with Crippen LogP contribution in [0.5, 0.6) is 0 Å². The lowest BCUT2D eigenvalue weighted by Crippen LogP contribution is -2.52. The maximum Gasteiger partial charge on any atom is 0.355 e. The third-order valence-corrected chi connectivity index (χ3v) is 4.58. The van der Waals surface area contributed by atoms with Gasteiger partial charge in [0.05, 0.1) is 6.07 Å². The fraction of sp³-hybridized carbons (Fsp3) is 0.429. The molecule has 0 bridgehead atoms. The maximum atomic E-state index is 12.5. The molecule has 2 N–H and O–H groups in total. The highest BCUT2D eigenvalue weighted by molar-refractivity contribution is 5.98. The molecule has 7 heteroatoms. The summed E-state index contributed by atoms with van der Waals surface area (Å²) in [5, 5.41) is 14.6. The molecule has 1 aromatic carbocycles. The Balaban J connectivity index is 2.07. The largest absolute Gasteiger partial charge is 0.448 e. The molecule has 1 aromatic rings. The van der Waals surface area contributed by atoms with Crippen LogP contribution in [0.4, 0.5) is 0 Å². The molecule has 1 atom stereocenters. The van der Waals surface area contributed by atoms with Crippen LogP contribution in [0.25, 0.3) is 6.08 Å². The minimum absolute atomic E-state index is 0.0639. The number of hydrogen-bond donors (Lipinski definition) is 2. The summed E-state index contributed by atoms with van der Waals surface area (Å²) >= 11 is 0. The molecule has 2 amide bonds. The van der Waals surface area contributed by atoms with Crippen LogP contribution in [0.1, 0.15) is 51.5 Å². The average Bonchev–Trinajstić information content (AvgIpc) is 2.68. The highest BCUT2D eigenvalue weighted by Gasteiger charge is 2.35. The topological polar surface area (TPSA) is 108 Å². The van der Waals surface area contributed by atoms with Crippen molar-refractivity contribution in [1.29, 1.82) is 5.26 Å². The summed E-state index contributed by atoms with van der Waals surface area (Å²) in [5.74, 6) is -1.78. The summed E-state index contributed by atoms with van der Waals surface area (Å²) in [6.45, 7) is 2.72. The summed E-state index contributed by atoms with van der Waals surface area (Å²) in [4.78, 5) is 36.4. The normalized spacial score (nSPS) is 17.0. The van der Waals surface area contributed by atoms with Crippen LogP contribution in [0.15, 0.2) is 36.0 Å². The van der Waals surface area contributed by atoms with Gasteiger partial charge in [0.25, 0.3) is 5.91 Å². The van der Waals surface area contributed by atoms with Crippen molar-refractivity contribution >= 4 is 23.9 Å². The number of ether oxygens (including phenoxy) is 1. The van der Waals surface area contributed by atoms with E-state index in [4.69, 9.17) is 4.74 Å². The number of nitrogens with zero attached hydrogens (tertiary/aromatic N) is 1. The van der Waals surface area contributed by atoms with Crippen molar-refractivity contribution in [3.8, 4) is 6.07 Å². The monoisotopic (exact) mass is 383 g/mol. The Morgan fingerprint density at radius 1 is 1.18 bits per heavy atom.